The minimum atomic E-state index is -3.75. The lowest BCUT2D eigenvalue weighted by Gasteiger charge is -2.38. The van der Waals surface area contributed by atoms with Crippen LogP contribution >= 0.6 is 0 Å². The van der Waals surface area contributed by atoms with Gasteiger partial charge in [0.1, 0.15) is 22.6 Å². The minimum absolute atomic E-state index is 0.0103. The van der Waals surface area contributed by atoms with Crippen LogP contribution in [0.1, 0.15) is 79.3 Å². The van der Waals surface area contributed by atoms with Crippen molar-refractivity contribution in [3.8, 4) is 11.1 Å². The zero-order valence-electron chi connectivity index (χ0n) is 22.6. The summed E-state index contributed by atoms with van der Waals surface area (Å²) in [6.45, 7) is 0. The van der Waals surface area contributed by atoms with Crippen molar-refractivity contribution in [1.82, 2.24) is 39.7 Å². The number of rotatable bonds is 5. The Balaban J connectivity index is 1.28. The number of nitrogens with zero attached hydrogens (tertiary/aromatic N) is 7. The van der Waals surface area contributed by atoms with Crippen LogP contribution < -0.4 is 5.73 Å². The van der Waals surface area contributed by atoms with Gasteiger partial charge in [0.05, 0.1) is 17.6 Å². The second-order valence-corrected chi connectivity index (χ2v) is 13.5. The number of aromatic amines is 1. The van der Waals surface area contributed by atoms with E-state index in [1.807, 2.05) is 17.0 Å². The zero-order valence-corrected chi connectivity index (χ0v) is 23.4. The monoisotopic (exact) mass is 577 g/mol. The molecule has 41 heavy (non-hydrogen) atoms. The maximum absolute atomic E-state index is 13.1. The molecule has 4 aromatic rings. The van der Waals surface area contributed by atoms with Crippen molar-refractivity contribution in [2.24, 2.45) is 0 Å². The highest BCUT2D eigenvalue weighted by molar-refractivity contribution is 7.91. The molecule has 2 unspecified atom stereocenters. The fourth-order valence-corrected chi connectivity index (χ4v) is 8.14. The number of carbonyl (C=O) groups excluding carboxylic acids is 1. The van der Waals surface area contributed by atoms with Crippen LogP contribution in [0.5, 0.6) is 0 Å². The molecular formula is C27H31N9O4S. The number of nitrogens with two attached hydrogens (primary N) is 1. The average Bonchev–Trinajstić information content (AvgIpc) is 3.75. The Morgan fingerprint density at radius 3 is 2.46 bits per heavy atom. The lowest BCUT2D eigenvalue weighted by Crippen LogP contribution is -2.46. The van der Waals surface area contributed by atoms with Gasteiger partial charge in [-0.1, -0.05) is 18.9 Å². The van der Waals surface area contributed by atoms with Crippen molar-refractivity contribution in [2.45, 2.75) is 79.9 Å². The summed E-state index contributed by atoms with van der Waals surface area (Å²) in [5.74, 6) is -0.209. The summed E-state index contributed by atoms with van der Waals surface area (Å²) in [5.41, 5.74) is 8.49. The van der Waals surface area contributed by atoms with Gasteiger partial charge in [0.15, 0.2) is 15.5 Å². The van der Waals surface area contributed by atoms with Gasteiger partial charge in [-0.3, -0.25) is 14.9 Å². The summed E-state index contributed by atoms with van der Waals surface area (Å²) in [5, 5.41) is 21.8. The first kappa shape index (κ1) is 26.0. The summed E-state index contributed by atoms with van der Waals surface area (Å²) >= 11 is 0. The number of amides is 1. The van der Waals surface area contributed by atoms with Crippen LogP contribution in [-0.4, -0.2) is 77.4 Å². The van der Waals surface area contributed by atoms with Gasteiger partial charge in [-0.15, -0.1) is 0 Å². The largest absolute Gasteiger partial charge is 0.384 e. The number of aliphatic hydroxyl groups is 1. The Labute approximate surface area is 236 Å². The van der Waals surface area contributed by atoms with E-state index in [-0.39, 0.29) is 40.4 Å². The number of aromatic nitrogens is 7. The van der Waals surface area contributed by atoms with Crippen LogP contribution in [0, 0.1) is 0 Å². The number of anilines is 1. The first-order valence-electron chi connectivity index (χ1n) is 13.9. The molecule has 1 amide bonds. The molecule has 6 heterocycles. The third kappa shape index (κ3) is 4.19. The quantitative estimate of drug-likeness (QED) is 0.317. The fourth-order valence-electron chi connectivity index (χ4n) is 7.09. The van der Waals surface area contributed by atoms with Crippen molar-refractivity contribution >= 4 is 27.2 Å². The number of carbonyl (C=O) groups is 1. The van der Waals surface area contributed by atoms with Crippen molar-refractivity contribution in [3.05, 3.63) is 48.1 Å². The Bertz CT molecular complexity index is 1730. The number of nitrogen functional groups attached to an aromatic ring is 1. The summed E-state index contributed by atoms with van der Waals surface area (Å²) in [7, 11) is -3.75. The Morgan fingerprint density at radius 1 is 1.12 bits per heavy atom. The molecule has 2 bridgehead atoms. The van der Waals surface area contributed by atoms with E-state index in [1.54, 1.807) is 12.4 Å². The predicted molar refractivity (Wildman–Crippen MR) is 147 cm³/mol. The van der Waals surface area contributed by atoms with Gasteiger partial charge in [-0.25, -0.2) is 18.4 Å². The standard InChI is InChI=1S/C27H31N9O4S/c1-41(39,40)22-21(16-10-17-5-6-18(11-16)35(17)26(37)24-30-14-31-34-24)33-25-19(13-32-36(25)23(22)28)15-4-7-20(29-12-15)27(38)8-2-3-9-27/h4,7,12-14,16-18,38H,2-3,5-6,8-11,28H2,1H3,(H,30,31,34). The molecule has 7 rings (SSSR count). The predicted octanol–water partition coefficient (Wildman–Crippen LogP) is 2.21. The van der Waals surface area contributed by atoms with Gasteiger partial charge < -0.3 is 15.7 Å². The smallest absolute Gasteiger partial charge is 0.291 e. The molecule has 14 heteroatoms. The highest BCUT2D eigenvalue weighted by atomic mass is 32.2. The molecule has 0 radical (unpaired) electrons. The van der Waals surface area contributed by atoms with Gasteiger partial charge in [-0.2, -0.15) is 14.7 Å². The molecule has 3 aliphatic rings. The van der Waals surface area contributed by atoms with Gasteiger partial charge in [-0.05, 0) is 44.6 Å². The van der Waals surface area contributed by atoms with Crippen LogP contribution in [0.4, 0.5) is 5.82 Å². The molecular weight excluding hydrogens is 546 g/mol. The number of pyridine rings is 1. The molecule has 2 aliphatic heterocycles. The number of H-pyrrole nitrogens is 1. The summed E-state index contributed by atoms with van der Waals surface area (Å²) < 4.78 is 27.5. The number of sulfone groups is 1. The lowest BCUT2D eigenvalue weighted by molar-refractivity contribution is 0.0399. The summed E-state index contributed by atoms with van der Waals surface area (Å²) in [6, 6.07) is 3.56. The molecule has 13 nitrogen and oxygen atoms in total. The molecule has 214 valence electrons. The first-order valence-corrected chi connectivity index (χ1v) is 15.8. The Morgan fingerprint density at radius 2 is 1.85 bits per heavy atom. The van der Waals surface area contributed by atoms with Crippen molar-refractivity contribution in [2.75, 3.05) is 12.0 Å². The molecule has 0 aromatic carbocycles. The van der Waals surface area contributed by atoms with Crippen molar-refractivity contribution in [3.63, 3.8) is 0 Å². The van der Waals surface area contributed by atoms with Crippen molar-refractivity contribution in [1.29, 1.82) is 0 Å². The molecule has 4 N–H and O–H groups in total. The van der Waals surface area contributed by atoms with E-state index in [0.29, 0.717) is 48.3 Å². The van der Waals surface area contributed by atoms with Gasteiger partial charge in [0.2, 0.25) is 5.82 Å². The number of piperidine rings is 1. The first-order chi connectivity index (χ1) is 19.6. The summed E-state index contributed by atoms with van der Waals surface area (Å²) in [4.78, 5) is 28.5. The Hall–Kier alpha value is -3.91. The van der Waals surface area contributed by atoms with E-state index in [0.717, 1.165) is 37.5 Å². The maximum Gasteiger partial charge on any atom is 0.291 e. The third-order valence-corrected chi connectivity index (χ3v) is 10.1. The minimum Gasteiger partial charge on any atom is -0.384 e. The van der Waals surface area contributed by atoms with E-state index >= 15 is 0 Å². The van der Waals surface area contributed by atoms with Crippen LogP contribution in [0.3, 0.4) is 0 Å². The highest BCUT2D eigenvalue weighted by Gasteiger charge is 2.46. The normalized spacial score (nSPS) is 23.9. The van der Waals surface area contributed by atoms with E-state index in [1.165, 1.54) is 10.8 Å². The van der Waals surface area contributed by atoms with Crippen LogP contribution in [0.2, 0.25) is 0 Å². The topological polar surface area (TPSA) is 185 Å². The second kappa shape index (κ2) is 9.31. The number of nitrogens with one attached hydrogen (secondary N) is 1. The van der Waals surface area contributed by atoms with Gasteiger partial charge in [0.25, 0.3) is 5.91 Å². The van der Waals surface area contributed by atoms with Crippen LogP contribution in [0.25, 0.3) is 16.8 Å². The van der Waals surface area contributed by atoms with E-state index < -0.39 is 15.4 Å². The highest BCUT2D eigenvalue weighted by Crippen LogP contribution is 2.46. The lowest BCUT2D eigenvalue weighted by atomic mass is 9.87. The van der Waals surface area contributed by atoms with Crippen LogP contribution in [0.15, 0.2) is 35.7 Å². The van der Waals surface area contributed by atoms with Crippen molar-refractivity contribution < 1.29 is 18.3 Å². The third-order valence-electron chi connectivity index (χ3n) is 8.99. The van der Waals surface area contributed by atoms with Gasteiger partial charge in [0, 0.05) is 41.6 Å². The molecule has 4 aromatic heterocycles. The molecule has 2 saturated heterocycles. The Kier molecular flexibility index (Phi) is 5.91. The molecule has 0 spiro atoms. The van der Waals surface area contributed by atoms with E-state index in [4.69, 9.17) is 10.7 Å². The number of hydrogen-bond acceptors (Lipinski definition) is 10. The zero-order chi connectivity index (χ0) is 28.5. The number of hydrogen-bond donors (Lipinski definition) is 3. The molecule has 3 fully saturated rings. The molecule has 1 aliphatic carbocycles. The maximum atomic E-state index is 13.1. The van der Waals surface area contributed by atoms with Crippen LogP contribution in [-0.2, 0) is 15.4 Å². The fraction of sp³-hybridized carbons (Fsp3) is 0.481. The van der Waals surface area contributed by atoms with Gasteiger partial charge >= 0.3 is 0 Å². The second-order valence-electron chi connectivity index (χ2n) is 11.5. The molecule has 2 atom stereocenters. The number of fused-ring (bicyclic) bond motifs is 3. The SMILES string of the molecule is CS(=O)(=O)c1c(C2CC3CCC(C2)N3C(=O)c2ncn[nH]2)nc2c(-c3ccc(C4(O)CCCC4)nc3)cnn2c1N. The van der Waals surface area contributed by atoms with E-state index in [9.17, 15) is 18.3 Å². The molecule has 1 saturated carbocycles. The van der Waals surface area contributed by atoms with E-state index in [2.05, 4.69) is 25.3 Å². The average molecular weight is 578 g/mol. The summed E-state index contributed by atoms with van der Waals surface area (Å²) in [6.07, 6.45) is 11.8.